The van der Waals surface area contributed by atoms with E-state index in [1.807, 2.05) is 6.92 Å². The normalized spacial score (nSPS) is 28.8. The molecule has 1 heterocycles. The van der Waals surface area contributed by atoms with Crippen molar-refractivity contribution in [1.82, 2.24) is 10.3 Å². The molecule has 0 saturated heterocycles. The topological polar surface area (TPSA) is 51.2 Å². The molecule has 0 aliphatic heterocycles. The second-order valence-electron chi connectivity index (χ2n) is 5.86. The summed E-state index contributed by atoms with van der Waals surface area (Å²) in [6.07, 6.45) is 3.39. The Morgan fingerprint density at radius 2 is 2.26 bits per heavy atom. The van der Waals surface area contributed by atoms with Crippen LogP contribution in [-0.4, -0.2) is 29.6 Å². The van der Waals surface area contributed by atoms with E-state index < -0.39 is 0 Å². The Morgan fingerprint density at radius 3 is 2.74 bits per heavy atom. The monoisotopic (exact) mass is 282 g/mol. The van der Waals surface area contributed by atoms with Gasteiger partial charge in [0.15, 0.2) is 0 Å². The van der Waals surface area contributed by atoms with Gasteiger partial charge < -0.3 is 10.1 Å². The minimum atomic E-state index is -0.159. The predicted octanol–water partition coefficient (Wildman–Crippen LogP) is 2.64. The summed E-state index contributed by atoms with van der Waals surface area (Å²) in [5, 5.41) is 4.10. The van der Waals surface area contributed by atoms with Gasteiger partial charge in [0.1, 0.15) is 4.88 Å². The maximum atomic E-state index is 12.2. The quantitative estimate of drug-likeness (QED) is 0.923. The van der Waals surface area contributed by atoms with E-state index in [4.69, 9.17) is 4.74 Å². The smallest absolute Gasteiger partial charge is 0.263 e. The Kier molecular flexibility index (Phi) is 3.71. The fraction of sp³-hybridized carbons (Fsp3) is 0.714. The molecule has 4 nitrogen and oxygen atoms in total. The molecule has 0 unspecified atom stereocenters. The fourth-order valence-corrected chi connectivity index (χ4v) is 3.29. The molecule has 19 heavy (non-hydrogen) atoms. The minimum Gasteiger partial charge on any atom is -0.378 e. The highest BCUT2D eigenvalue weighted by atomic mass is 32.1. The van der Waals surface area contributed by atoms with Gasteiger partial charge in [0.05, 0.1) is 16.8 Å². The van der Waals surface area contributed by atoms with Crippen LogP contribution < -0.4 is 5.32 Å². The summed E-state index contributed by atoms with van der Waals surface area (Å²) >= 11 is 1.47. The molecule has 1 aromatic rings. The highest BCUT2D eigenvalue weighted by Crippen LogP contribution is 2.51. The largest absolute Gasteiger partial charge is 0.378 e. The van der Waals surface area contributed by atoms with Gasteiger partial charge in [0.25, 0.3) is 5.91 Å². The summed E-state index contributed by atoms with van der Waals surface area (Å²) in [7, 11) is 1.73. The summed E-state index contributed by atoms with van der Waals surface area (Å²) < 4.78 is 5.57. The van der Waals surface area contributed by atoms with Crippen molar-refractivity contribution in [3.05, 3.63) is 16.1 Å². The van der Waals surface area contributed by atoms with E-state index in [0.29, 0.717) is 4.88 Å². The van der Waals surface area contributed by atoms with E-state index in [2.05, 4.69) is 31.1 Å². The zero-order valence-electron chi connectivity index (χ0n) is 12.2. The molecule has 1 amide bonds. The third-order valence-corrected chi connectivity index (χ3v) is 5.80. The van der Waals surface area contributed by atoms with Gasteiger partial charge in [0, 0.05) is 18.6 Å². The van der Waals surface area contributed by atoms with E-state index in [9.17, 15) is 4.79 Å². The molecule has 1 fully saturated rings. The zero-order valence-corrected chi connectivity index (χ0v) is 13.1. The highest BCUT2D eigenvalue weighted by molar-refractivity contribution is 7.13. The number of nitrogens with one attached hydrogen (secondary N) is 1. The van der Waals surface area contributed by atoms with Crippen LogP contribution in [0.4, 0.5) is 0 Å². The molecule has 1 N–H and O–H groups in total. The molecule has 1 aliphatic rings. The Bertz CT molecular complexity index is 484. The van der Waals surface area contributed by atoms with Crippen LogP contribution in [0.2, 0.25) is 0 Å². The summed E-state index contributed by atoms with van der Waals surface area (Å²) in [5.41, 5.74) is -0.219. The lowest BCUT2D eigenvalue weighted by atomic mass is 9.56. The number of carbonyl (C=O) groups excluding carboxylic acids is 1. The second-order valence-corrected chi connectivity index (χ2v) is 6.97. The first-order valence-corrected chi connectivity index (χ1v) is 7.46. The van der Waals surface area contributed by atoms with Crippen LogP contribution in [-0.2, 0) is 11.2 Å². The molecule has 1 aromatic heterocycles. The van der Waals surface area contributed by atoms with Crippen LogP contribution in [0.5, 0.6) is 0 Å². The third kappa shape index (κ3) is 2.30. The first-order valence-electron chi connectivity index (χ1n) is 6.65. The van der Waals surface area contributed by atoms with Gasteiger partial charge in [-0.3, -0.25) is 4.79 Å². The maximum Gasteiger partial charge on any atom is 0.263 e. The van der Waals surface area contributed by atoms with Gasteiger partial charge in [-0.15, -0.1) is 11.3 Å². The van der Waals surface area contributed by atoms with Crippen LogP contribution >= 0.6 is 11.3 Å². The molecular formula is C14H22N2O2S. The molecule has 5 heteroatoms. The second kappa shape index (κ2) is 4.87. The minimum absolute atomic E-state index is 0.0200. The lowest BCUT2D eigenvalue weighted by Gasteiger charge is -2.59. The number of aromatic nitrogens is 1. The van der Waals surface area contributed by atoms with Gasteiger partial charge in [-0.1, -0.05) is 20.8 Å². The van der Waals surface area contributed by atoms with Gasteiger partial charge >= 0.3 is 0 Å². The Hall–Kier alpha value is -0.940. The summed E-state index contributed by atoms with van der Waals surface area (Å²) in [4.78, 5) is 17.1. The highest BCUT2D eigenvalue weighted by Gasteiger charge is 2.58. The lowest BCUT2D eigenvalue weighted by molar-refractivity contribution is -0.177. The summed E-state index contributed by atoms with van der Waals surface area (Å²) in [6.45, 7) is 8.40. The van der Waals surface area contributed by atoms with Crippen LogP contribution in [0, 0.1) is 5.41 Å². The molecule has 0 bridgehead atoms. The van der Waals surface area contributed by atoms with Crippen molar-refractivity contribution in [3.63, 3.8) is 0 Å². The number of hydrogen-bond donors (Lipinski definition) is 1. The van der Waals surface area contributed by atoms with E-state index in [1.165, 1.54) is 11.3 Å². The molecule has 0 radical (unpaired) electrons. The molecular weight excluding hydrogens is 260 g/mol. The van der Waals surface area contributed by atoms with Crippen LogP contribution in [0.15, 0.2) is 6.20 Å². The summed E-state index contributed by atoms with van der Waals surface area (Å²) in [6, 6.07) is 0.150. The van der Waals surface area contributed by atoms with Crippen LogP contribution in [0.1, 0.15) is 48.8 Å². The van der Waals surface area contributed by atoms with Crippen molar-refractivity contribution in [2.24, 2.45) is 5.41 Å². The maximum absolute atomic E-state index is 12.2. The van der Waals surface area contributed by atoms with Gasteiger partial charge in [-0.2, -0.15) is 0 Å². The van der Waals surface area contributed by atoms with Crippen LogP contribution in [0.25, 0.3) is 0 Å². The molecule has 1 aliphatic carbocycles. The van der Waals surface area contributed by atoms with E-state index in [0.717, 1.165) is 17.8 Å². The number of nitrogens with zero attached hydrogens (tertiary/aromatic N) is 1. The van der Waals surface area contributed by atoms with Gasteiger partial charge in [-0.25, -0.2) is 4.98 Å². The van der Waals surface area contributed by atoms with Crippen LogP contribution in [0.3, 0.4) is 0 Å². The number of rotatable bonds is 4. The Balaban J connectivity index is 2.01. The Labute approximate surface area is 118 Å². The summed E-state index contributed by atoms with van der Waals surface area (Å²) in [5.74, 6) is -0.0200. The van der Waals surface area contributed by atoms with Crippen molar-refractivity contribution in [3.8, 4) is 0 Å². The molecule has 0 aromatic carbocycles. The third-order valence-electron chi connectivity index (χ3n) is 4.66. The first kappa shape index (κ1) is 14.5. The molecule has 1 saturated carbocycles. The van der Waals surface area contributed by atoms with E-state index >= 15 is 0 Å². The molecule has 0 spiro atoms. The van der Waals surface area contributed by atoms with Crippen molar-refractivity contribution >= 4 is 17.2 Å². The van der Waals surface area contributed by atoms with Gasteiger partial charge in [0.2, 0.25) is 0 Å². The number of aryl methyl sites for hydroxylation is 1. The zero-order chi connectivity index (χ0) is 14.3. The standard InChI is InChI=1S/C14H22N2O2S/c1-6-11-15-8-9(19-11)12(17)16-10-7-14(4,18-5)13(10,2)3/h8,10H,6-7H2,1-5H3,(H,16,17)/t10-,14-/m1/s1. The predicted molar refractivity (Wildman–Crippen MR) is 76.6 cm³/mol. The fourth-order valence-electron chi connectivity index (χ4n) is 2.53. The number of ether oxygens (including phenoxy) is 1. The number of carbonyl (C=O) groups is 1. The van der Waals surface area contributed by atoms with Crippen molar-refractivity contribution in [1.29, 1.82) is 0 Å². The molecule has 2 atom stereocenters. The number of hydrogen-bond acceptors (Lipinski definition) is 4. The van der Waals surface area contributed by atoms with Crippen molar-refractivity contribution in [2.45, 2.75) is 52.2 Å². The van der Waals surface area contributed by atoms with E-state index in [1.54, 1.807) is 13.3 Å². The lowest BCUT2D eigenvalue weighted by Crippen LogP contribution is -2.68. The molecule has 106 valence electrons. The Morgan fingerprint density at radius 1 is 1.58 bits per heavy atom. The average Bonchev–Trinajstić information content (AvgIpc) is 2.86. The van der Waals surface area contributed by atoms with Gasteiger partial charge in [-0.05, 0) is 19.8 Å². The number of methoxy groups -OCH3 is 1. The SMILES string of the molecule is CCc1ncc(C(=O)N[C@@H]2C[C@@](C)(OC)C2(C)C)s1. The average molecular weight is 282 g/mol. The first-order chi connectivity index (χ1) is 8.84. The number of amides is 1. The molecule has 2 rings (SSSR count). The number of thiazole rings is 1. The van der Waals surface area contributed by atoms with E-state index in [-0.39, 0.29) is 23.0 Å². The van der Waals surface area contributed by atoms with Crippen molar-refractivity contribution < 1.29 is 9.53 Å². The van der Waals surface area contributed by atoms with Crippen molar-refractivity contribution in [2.75, 3.05) is 7.11 Å².